The number of quaternary nitrogens is 1. The molecule has 1 fully saturated rings. The number of hydrogen-bond donors (Lipinski definition) is 3. The van der Waals surface area contributed by atoms with Crippen molar-refractivity contribution in [3.05, 3.63) is 117 Å². The zero-order valence-electron chi connectivity index (χ0n) is 26.0. The summed E-state index contributed by atoms with van der Waals surface area (Å²) in [4.78, 5) is 50.1. The highest BCUT2D eigenvalue weighted by Crippen LogP contribution is 2.29. The standard InChI is InChI=1S/C35H33F2N7O4/c36-25-18-29-32(38-19-25)43(28-5-1-4-24(17-28)23-8-6-22(7-9-23)3-2-16-45)35(48)44(34(29)47)27-12-10-26(11-13-27)39-33(46)30-20-41-21-42(37)15-14-31(41)40-30/h1,4-9,14-15,17-20,26-27,45H,2-3,10-13,16,21H2,(H,39,46)/p+1. The number of fused-ring (bicyclic) bond motifs is 2. The number of halogens is 2. The van der Waals surface area contributed by atoms with Gasteiger partial charge < -0.3 is 10.4 Å². The van der Waals surface area contributed by atoms with Crippen LogP contribution < -0.4 is 21.5 Å². The molecule has 1 atom stereocenters. The molecular weight excluding hydrogens is 620 g/mol. The maximum Gasteiger partial charge on any atom is 0.337 e. The van der Waals surface area contributed by atoms with Gasteiger partial charge in [-0.05, 0) is 73.4 Å². The van der Waals surface area contributed by atoms with Crippen molar-refractivity contribution in [3.63, 3.8) is 0 Å². The number of aliphatic hydroxyl groups excluding tert-OH is 1. The number of hydrogen-bond acceptors (Lipinski definition) is 7. The van der Waals surface area contributed by atoms with Crippen LogP contribution in [0.3, 0.4) is 0 Å². The van der Waals surface area contributed by atoms with E-state index in [0.717, 1.165) is 35.4 Å². The molecule has 4 heterocycles. The number of aromatic nitrogens is 3. The van der Waals surface area contributed by atoms with E-state index in [1.165, 1.54) is 21.4 Å². The Bertz CT molecular complexity index is 2100. The molecule has 2 aromatic carbocycles. The molecule has 0 radical (unpaired) electrons. The highest BCUT2D eigenvalue weighted by Gasteiger charge is 2.32. The van der Waals surface area contributed by atoms with Crippen LogP contribution in [-0.4, -0.2) is 55.4 Å². The normalized spacial score (nSPS) is 20.4. The predicted octanol–water partition coefficient (Wildman–Crippen LogP) is 2.69. The van der Waals surface area contributed by atoms with Crippen LogP contribution >= 0.6 is 0 Å². The quantitative estimate of drug-likeness (QED) is 0.251. The maximum atomic E-state index is 14.4. The van der Waals surface area contributed by atoms with Crippen LogP contribution in [0.15, 0.2) is 99.5 Å². The highest BCUT2D eigenvalue weighted by molar-refractivity contribution is 5.99. The topological polar surface area (TPSA) is 126 Å². The van der Waals surface area contributed by atoms with Crippen LogP contribution in [0.5, 0.6) is 0 Å². The number of benzene rings is 2. The molecule has 3 N–H and O–H groups in total. The van der Waals surface area contributed by atoms with Crippen molar-refractivity contribution < 1.29 is 23.7 Å². The summed E-state index contributed by atoms with van der Waals surface area (Å²) >= 11 is 0. The number of pyridine rings is 1. The number of aryl methyl sites for hydroxylation is 1. The Morgan fingerprint density at radius 1 is 1.04 bits per heavy atom. The summed E-state index contributed by atoms with van der Waals surface area (Å²) < 4.78 is 30.6. The molecule has 7 rings (SSSR count). The van der Waals surface area contributed by atoms with Gasteiger partial charge in [-0.25, -0.2) is 23.6 Å². The molecular formula is C35H34F2N7O4+. The van der Waals surface area contributed by atoms with Crippen LogP contribution in [0.2, 0.25) is 0 Å². The van der Waals surface area contributed by atoms with Gasteiger partial charge in [0.05, 0.1) is 17.3 Å². The van der Waals surface area contributed by atoms with Gasteiger partial charge in [0.15, 0.2) is 18.0 Å². The Morgan fingerprint density at radius 3 is 2.60 bits per heavy atom. The first-order valence-corrected chi connectivity index (χ1v) is 16.0. The van der Waals surface area contributed by atoms with Crippen LogP contribution in [0.1, 0.15) is 43.7 Å². The number of amidine groups is 1. The first-order chi connectivity index (χ1) is 23.3. The third-order valence-electron chi connectivity index (χ3n) is 9.13. The van der Waals surface area contributed by atoms with E-state index in [1.807, 2.05) is 42.5 Å². The van der Waals surface area contributed by atoms with Gasteiger partial charge in [-0.1, -0.05) is 40.9 Å². The molecule has 11 nitrogen and oxygen atoms in total. The number of nitrogens with zero attached hydrogens (tertiary/aromatic N) is 5. The number of aliphatic imine (C=N–C) groups is 1. The van der Waals surface area contributed by atoms with Crippen molar-refractivity contribution in [2.24, 2.45) is 4.99 Å². The lowest BCUT2D eigenvalue weighted by atomic mass is 9.90. The lowest BCUT2D eigenvalue weighted by Gasteiger charge is -2.30. The molecule has 2 aliphatic heterocycles. The highest BCUT2D eigenvalue weighted by atomic mass is 19.2. The second-order valence-corrected chi connectivity index (χ2v) is 12.3. The first kappa shape index (κ1) is 31.3. The molecule has 2 aromatic heterocycles. The number of amides is 1. The average Bonchev–Trinajstić information content (AvgIpc) is 3.52. The molecule has 0 spiro atoms. The molecule has 246 valence electrons. The third-order valence-corrected chi connectivity index (χ3v) is 9.13. The van der Waals surface area contributed by atoms with Crippen molar-refractivity contribution in [2.75, 3.05) is 13.3 Å². The third kappa shape index (κ3) is 6.09. The second-order valence-electron chi connectivity index (χ2n) is 12.3. The summed E-state index contributed by atoms with van der Waals surface area (Å²) in [6, 6.07) is 15.7. The van der Waals surface area contributed by atoms with Gasteiger partial charge in [0.1, 0.15) is 12.0 Å². The number of rotatable bonds is 8. The average molecular weight is 655 g/mol. The molecule has 0 bridgehead atoms. The lowest BCUT2D eigenvalue weighted by Crippen LogP contribution is -3.11. The van der Waals surface area contributed by atoms with Gasteiger partial charge in [-0.2, -0.15) is 10.1 Å². The monoisotopic (exact) mass is 654 g/mol. The summed E-state index contributed by atoms with van der Waals surface area (Å²) in [5.74, 6) is -0.484. The number of carbonyl (C=O) groups excluding carboxylic acids is 1. The zero-order valence-corrected chi connectivity index (χ0v) is 26.0. The number of aliphatic hydroxyl groups is 1. The fourth-order valence-corrected chi connectivity index (χ4v) is 6.67. The first-order valence-electron chi connectivity index (χ1n) is 16.0. The van der Waals surface area contributed by atoms with E-state index < -0.39 is 23.1 Å². The molecule has 13 heteroatoms. The molecule has 48 heavy (non-hydrogen) atoms. The smallest absolute Gasteiger partial charge is 0.337 e. The summed E-state index contributed by atoms with van der Waals surface area (Å²) in [5.41, 5.74) is 2.45. The molecule has 1 amide bonds. The van der Waals surface area contributed by atoms with E-state index in [2.05, 4.69) is 15.3 Å². The second kappa shape index (κ2) is 13.1. The van der Waals surface area contributed by atoms with Gasteiger partial charge in [0, 0.05) is 31.0 Å². The SMILES string of the molecule is O=C(NC1CCC(n2c(=O)c3cc(F)cnc3n(-c3cccc(-c4ccc(CCCO)cc4)c3)c2=O)CC1)C1=C[NH+]2CN(F)C=CC2=N1. The van der Waals surface area contributed by atoms with Crippen LogP contribution in [0.25, 0.3) is 27.8 Å². The Balaban J connectivity index is 1.15. The van der Waals surface area contributed by atoms with Gasteiger partial charge in [0.25, 0.3) is 11.5 Å². The molecule has 1 unspecified atom stereocenters. The maximum absolute atomic E-state index is 14.4. The predicted molar refractivity (Wildman–Crippen MR) is 175 cm³/mol. The van der Waals surface area contributed by atoms with E-state index in [-0.39, 0.29) is 42.0 Å². The molecule has 4 aromatic rings. The Hall–Kier alpha value is -5.27. The van der Waals surface area contributed by atoms with Crippen LogP contribution in [0.4, 0.5) is 8.87 Å². The number of carbonyl (C=O) groups is 1. The van der Waals surface area contributed by atoms with Gasteiger partial charge in [-0.3, -0.25) is 14.2 Å². The van der Waals surface area contributed by atoms with E-state index in [0.29, 0.717) is 53.6 Å². The largest absolute Gasteiger partial charge is 0.396 e. The Kier molecular flexibility index (Phi) is 8.54. The zero-order chi connectivity index (χ0) is 33.4. The van der Waals surface area contributed by atoms with Crippen molar-refractivity contribution in [1.29, 1.82) is 0 Å². The van der Waals surface area contributed by atoms with Crippen molar-refractivity contribution in [1.82, 2.24) is 24.6 Å². The molecule has 1 saturated carbocycles. The Morgan fingerprint density at radius 2 is 1.83 bits per heavy atom. The van der Waals surface area contributed by atoms with Crippen molar-refractivity contribution in [2.45, 2.75) is 50.6 Å². The van der Waals surface area contributed by atoms with E-state index >= 15 is 0 Å². The van der Waals surface area contributed by atoms with Gasteiger partial charge in [-0.15, -0.1) is 0 Å². The minimum atomic E-state index is -0.685. The summed E-state index contributed by atoms with van der Waals surface area (Å²) in [6.07, 6.45) is 8.68. The summed E-state index contributed by atoms with van der Waals surface area (Å²) in [5, 5.41) is 12.7. The Labute approximate surface area is 273 Å². The summed E-state index contributed by atoms with van der Waals surface area (Å²) in [6.45, 7) is 0.151. The van der Waals surface area contributed by atoms with E-state index in [9.17, 15) is 23.3 Å². The fourth-order valence-electron chi connectivity index (χ4n) is 6.67. The van der Waals surface area contributed by atoms with E-state index in [4.69, 9.17) is 5.11 Å². The molecule has 3 aliphatic rings. The number of nitrogens with one attached hydrogen (secondary N) is 2. The van der Waals surface area contributed by atoms with E-state index in [1.54, 1.807) is 12.3 Å². The minimum Gasteiger partial charge on any atom is -0.396 e. The van der Waals surface area contributed by atoms with Crippen LogP contribution in [0, 0.1) is 5.82 Å². The van der Waals surface area contributed by atoms with Gasteiger partial charge >= 0.3 is 5.69 Å². The lowest BCUT2D eigenvalue weighted by molar-refractivity contribution is -0.763. The summed E-state index contributed by atoms with van der Waals surface area (Å²) in [7, 11) is 0. The van der Waals surface area contributed by atoms with Crippen molar-refractivity contribution in [3.8, 4) is 16.8 Å². The minimum absolute atomic E-state index is 0.00388. The molecule has 0 saturated heterocycles. The van der Waals surface area contributed by atoms with Crippen molar-refractivity contribution >= 4 is 22.8 Å². The molecule has 1 aliphatic carbocycles. The van der Waals surface area contributed by atoms with Crippen LogP contribution in [-0.2, 0) is 11.2 Å². The fraction of sp³-hybridized carbons (Fsp3) is 0.286. The van der Waals surface area contributed by atoms with Gasteiger partial charge in [0.2, 0.25) is 5.84 Å².